The van der Waals surface area contributed by atoms with Crippen LogP contribution in [0.25, 0.3) is 0 Å². The predicted octanol–water partition coefficient (Wildman–Crippen LogP) is 5.85. The van der Waals surface area contributed by atoms with Crippen molar-refractivity contribution in [3.05, 3.63) is 23.2 Å². The summed E-state index contributed by atoms with van der Waals surface area (Å²) >= 11 is 6.34. The molecular weight excluding hydrogens is 378 g/mol. The molecular formula is C22H36ClNO4. The third-order valence-electron chi connectivity index (χ3n) is 4.90. The Morgan fingerprint density at radius 3 is 2.43 bits per heavy atom. The van der Waals surface area contributed by atoms with Gasteiger partial charge in [-0.25, -0.2) is 0 Å². The molecule has 0 aliphatic rings. The number of halogens is 1. The molecule has 6 heteroatoms. The van der Waals surface area contributed by atoms with Gasteiger partial charge in [0.2, 0.25) is 0 Å². The Morgan fingerprint density at radius 2 is 1.86 bits per heavy atom. The molecule has 0 saturated carbocycles. The van der Waals surface area contributed by atoms with Gasteiger partial charge in [0.05, 0.1) is 17.2 Å². The van der Waals surface area contributed by atoms with Crippen LogP contribution in [0.3, 0.4) is 0 Å². The zero-order valence-corrected chi connectivity index (χ0v) is 18.9. The number of methoxy groups -OCH3 is 1. The Bertz CT molecular complexity index is 621. The van der Waals surface area contributed by atoms with Gasteiger partial charge in [-0.15, -0.1) is 0 Å². The van der Waals surface area contributed by atoms with Gasteiger partial charge in [0.25, 0.3) is 5.91 Å². The third-order valence-corrected chi connectivity index (χ3v) is 5.20. The highest BCUT2D eigenvalue weighted by atomic mass is 35.5. The van der Waals surface area contributed by atoms with Crippen LogP contribution in [0.15, 0.2) is 18.2 Å². The SMILES string of the molecule is CCCCCC(C)(OCC)C(=O)Nc1ccc(OCCC(C)(C)OC)c(Cl)c1. The molecule has 0 aliphatic heterocycles. The Balaban J connectivity index is 2.72. The standard InChI is InChI=1S/C22H36ClNO4/c1-7-9-10-13-22(5,28-8-2)20(25)24-17-11-12-19(18(23)16-17)27-15-14-21(3,4)26-6/h11-12,16H,7-10,13-15H2,1-6H3,(H,24,25). The highest BCUT2D eigenvalue weighted by molar-refractivity contribution is 6.32. The summed E-state index contributed by atoms with van der Waals surface area (Å²) < 4.78 is 16.9. The second-order valence-electron chi connectivity index (χ2n) is 7.78. The van der Waals surface area contributed by atoms with Crippen molar-refractivity contribution in [2.75, 3.05) is 25.6 Å². The summed E-state index contributed by atoms with van der Waals surface area (Å²) in [5, 5.41) is 3.38. The summed E-state index contributed by atoms with van der Waals surface area (Å²) in [6, 6.07) is 5.26. The van der Waals surface area contributed by atoms with E-state index in [1.54, 1.807) is 25.3 Å². The van der Waals surface area contributed by atoms with Crippen LogP contribution in [-0.4, -0.2) is 37.4 Å². The average molecular weight is 414 g/mol. The van der Waals surface area contributed by atoms with Crippen LogP contribution in [0.4, 0.5) is 5.69 Å². The van der Waals surface area contributed by atoms with E-state index in [1.807, 2.05) is 27.7 Å². The molecule has 1 rings (SSSR count). The molecule has 1 N–H and O–H groups in total. The van der Waals surface area contributed by atoms with Crippen LogP contribution in [-0.2, 0) is 14.3 Å². The smallest absolute Gasteiger partial charge is 0.256 e. The van der Waals surface area contributed by atoms with Crippen molar-refractivity contribution < 1.29 is 19.0 Å². The summed E-state index contributed by atoms with van der Waals surface area (Å²) in [6.45, 7) is 10.9. The number of unbranched alkanes of at least 4 members (excludes halogenated alkanes) is 2. The molecule has 5 nitrogen and oxygen atoms in total. The molecule has 0 spiro atoms. The van der Waals surface area contributed by atoms with Crippen molar-refractivity contribution in [1.29, 1.82) is 0 Å². The summed E-state index contributed by atoms with van der Waals surface area (Å²) in [4.78, 5) is 12.8. The number of hydrogen-bond acceptors (Lipinski definition) is 4. The maximum absolute atomic E-state index is 12.8. The van der Waals surface area contributed by atoms with Gasteiger partial charge < -0.3 is 19.5 Å². The first-order valence-electron chi connectivity index (χ1n) is 10.1. The van der Waals surface area contributed by atoms with E-state index >= 15 is 0 Å². The van der Waals surface area contributed by atoms with Gasteiger partial charge in [-0.2, -0.15) is 0 Å². The van der Waals surface area contributed by atoms with Gasteiger partial charge in [0, 0.05) is 25.8 Å². The van der Waals surface area contributed by atoms with Crippen molar-refractivity contribution in [3.63, 3.8) is 0 Å². The Kier molecular flexibility index (Phi) is 10.3. The molecule has 160 valence electrons. The fourth-order valence-corrected chi connectivity index (χ4v) is 2.99. The maximum atomic E-state index is 12.8. The van der Waals surface area contributed by atoms with E-state index in [4.69, 9.17) is 25.8 Å². The lowest BCUT2D eigenvalue weighted by atomic mass is 9.96. The van der Waals surface area contributed by atoms with E-state index in [-0.39, 0.29) is 11.5 Å². The number of rotatable bonds is 13. The lowest BCUT2D eigenvalue weighted by molar-refractivity contribution is -0.139. The molecule has 28 heavy (non-hydrogen) atoms. The number of hydrogen-bond donors (Lipinski definition) is 1. The monoisotopic (exact) mass is 413 g/mol. The molecule has 1 unspecified atom stereocenters. The van der Waals surface area contributed by atoms with E-state index in [1.165, 1.54) is 0 Å². The minimum atomic E-state index is -0.850. The molecule has 1 amide bonds. The van der Waals surface area contributed by atoms with Crippen LogP contribution in [0.1, 0.15) is 66.7 Å². The van der Waals surface area contributed by atoms with Crippen LogP contribution in [0, 0.1) is 0 Å². The van der Waals surface area contributed by atoms with Crippen molar-refractivity contribution >= 4 is 23.2 Å². The fourth-order valence-electron chi connectivity index (χ4n) is 2.75. The van der Waals surface area contributed by atoms with E-state index in [0.717, 1.165) is 25.7 Å². The topological polar surface area (TPSA) is 56.8 Å². The second-order valence-corrected chi connectivity index (χ2v) is 8.19. The zero-order chi connectivity index (χ0) is 21.2. The first-order valence-corrected chi connectivity index (χ1v) is 10.5. The second kappa shape index (κ2) is 11.6. The third kappa shape index (κ3) is 7.98. The van der Waals surface area contributed by atoms with Gasteiger partial charge in [-0.05, 0) is 52.3 Å². The summed E-state index contributed by atoms with van der Waals surface area (Å²) in [5.41, 5.74) is -0.472. The van der Waals surface area contributed by atoms with Gasteiger partial charge in [-0.3, -0.25) is 4.79 Å². The fraction of sp³-hybridized carbons (Fsp3) is 0.682. The molecule has 0 saturated heterocycles. The summed E-state index contributed by atoms with van der Waals surface area (Å²) in [5.74, 6) is 0.430. The van der Waals surface area contributed by atoms with Gasteiger partial charge in [0.15, 0.2) is 0 Å². The number of benzene rings is 1. The first-order chi connectivity index (χ1) is 13.2. The molecule has 1 aromatic rings. The quantitative estimate of drug-likeness (QED) is 0.412. The van der Waals surface area contributed by atoms with Gasteiger partial charge in [0.1, 0.15) is 11.4 Å². The number of carbonyl (C=O) groups is 1. The molecule has 0 fully saturated rings. The highest BCUT2D eigenvalue weighted by Gasteiger charge is 2.33. The minimum Gasteiger partial charge on any atom is -0.492 e. The van der Waals surface area contributed by atoms with Crippen molar-refractivity contribution in [2.24, 2.45) is 0 Å². The van der Waals surface area contributed by atoms with E-state index in [9.17, 15) is 4.79 Å². The molecule has 1 atom stereocenters. The minimum absolute atomic E-state index is 0.156. The lowest BCUT2D eigenvalue weighted by Gasteiger charge is -2.28. The van der Waals surface area contributed by atoms with Gasteiger partial charge >= 0.3 is 0 Å². The number of carbonyl (C=O) groups excluding carboxylic acids is 1. The molecule has 0 bridgehead atoms. The van der Waals surface area contributed by atoms with Crippen molar-refractivity contribution in [2.45, 2.75) is 77.9 Å². The number of amides is 1. The molecule has 0 radical (unpaired) electrons. The summed E-state index contributed by atoms with van der Waals surface area (Å²) in [7, 11) is 1.68. The van der Waals surface area contributed by atoms with Crippen LogP contribution < -0.4 is 10.1 Å². The molecule has 0 aliphatic carbocycles. The van der Waals surface area contributed by atoms with E-state index in [2.05, 4.69) is 12.2 Å². The number of ether oxygens (including phenoxy) is 3. The molecule has 0 aromatic heterocycles. The van der Waals surface area contributed by atoms with Crippen molar-refractivity contribution in [1.82, 2.24) is 0 Å². The normalized spacial score (nSPS) is 13.8. The predicted molar refractivity (Wildman–Crippen MR) is 115 cm³/mol. The Hall–Kier alpha value is -1.30. The number of nitrogens with one attached hydrogen (secondary N) is 1. The molecule has 1 aromatic carbocycles. The maximum Gasteiger partial charge on any atom is 0.256 e. The molecule has 0 heterocycles. The van der Waals surface area contributed by atoms with Crippen LogP contribution in [0.5, 0.6) is 5.75 Å². The average Bonchev–Trinajstić information content (AvgIpc) is 2.64. The van der Waals surface area contributed by atoms with Crippen molar-refractivity contribution in [3.8, 4) is 5.75 Å². The Labute approximate surface area is 175 Å². The van der Waals surface area contributed by atoms with Gasteiger partial charge in [-0.1, -0.05) is 37.8 Å². The highest BCUT2D eigenvalue weighted by Crippen LogP contribution is 2.29. The van der Waals surface area contributed by atoms with Crippen LogP contribution >= 0.6 is 11.6 Å². The zero-order valence-electron chi connectivity index (χ0n) is 18.2. The van der Waals surface area contributed by atoms with Crippen LogP contribution in [0.2, 0.25) is 5.02 Å². The Morgan fingerprint density at radius 1 is 1.14 bits per heavy atom. The number of anilines is 1. The summed E-state index contributed by atoms with van der Waals surface area (Å²) in [6.07, 6.45) is 4.55. The van der Waals surface area contributed by atoms with E-state index < -0.39 is 5.60 Å². The lowest BCUT2D eigenvalue weighted by Crippen LogP contribution is -2.42. The largest absolute Gasteiger partial charge is 0.492 e. The van der Waals surface area contributed by atoms with E-state index in [0.29, 0.717) is 36.1 Å². The first kappa shape index (κ1) is 24.7.